The minimum absolute atomic E-state index is 0.247. The first-order valence-electron chi connectivity index (χ1n) is 5.05. The van der Waals surface area contributed by atoms with Gasteiger partial charge in [0, 0.05) is 0 Å². The number of rotatable bonds is 3. The van der Waals surface area contributed by atoms with Gasteiger partial charge < -0.3 is 10.5 Å². The summed E-state index contributed by atoms with van der Waals surface area (Å²) in [5.74, 6) is 0.210. The van der Waals surface area contributed by atoms with Crippen molar-refractivity contribution in [2.45, 2.75) is 19.5 Å². The zero-order chi connectivity index (χ0) is 13.3. The fourth-order valence-electron chi connectivity index (χ4n) is 1.20. The molecule has 17 heavy (non-hydrogen) atoms. The minimum Gasteiger partial charge on any atom is -0.483 e. The Kier molecular flexibility index (Phi) is 7.40. The summed E-state index contributed by atoms with van der Waals surface area (Å²) in [6.45, 7) is 2.16. The molecule has 1 atom stereocenters. The van der Waals surface area contributed by atoms with Gasteiger partial charge in [0.05, 0.1) is 19.7 Å². The van der Waals surface area contributed by atoms with Crippen LogP contribution in [-0.2, 0) is 11.3 Å². The van der Waals surface area contributed by atoms with Gasteiger partial charge in [0.25, 0.3) is 0 Å². The van der Waals surface area contributed by atoms with Gasteiger partial charge in [0.2, 0.25) is 0 Å². The Bertz CT molecular complexity index is 386. The lowest BCUT2D eigenvalue weighted by Gasteiger charge is -2.08. The van der Waals surface area contributed by atoms with Gasteiger partial charge in [0.15, 0.2) is 5.90 Å². The van der Waals surface area contributed by atoms with E-state index in [0.717, 1.165) is 5.56 Å². The second kappa shape index (κ2) is 8.31. The van der Waals surface area contributed by atoms with Gasteiger partial charge in [-0.2, -0.15) is 0 Å². The molecule has 0 spiro atoms. The molecule has 0 heterocycles. The number of benzene rings is 1. The number of methoxy groups -OCH3 is 1. The summed E-state index contributed by atoms with van der Waals surface area (Å²) < 4.78 is 17.8. The monoisotopic (exact) mass is 236 g/mol. The SMILES string of the molecule is C#C.COC(=NCc1cccc(F)c1)C(C)N. The Morgan fingerprint density at radius 2 is 2.18 bits per heavy atom. The lowest BCUT2D eigenvalue weighted by atomic mass is 10.2. The Hall–Kier alpha value is -1.86. The minimum atomic E-state index is -0.262. The quantitative estimate of drug-likeness (QED) is 0.495. The Balaban J connectivity index is 0.00000121. The lowest BCUT2D eigenvalue weighted by molar-refractivity contribution is 0.381. The van der Waals surface area contributed by atoms with E-state index in [-0.39, 0.29) is 11.9 Å². The van der Waals surface area contributed by atoms with Crippen molar-refractivity contribution in [1.82, 2.24) is 0 Å². The molecule has 1 unspecified atom stereocenters. The molecule has 0 aromatic heterocycles. The van der Waals surface area contributed by atoms with E-state index in [2.05, 4.69) is 17.8 Å². The third-order valence-electron chi connectivity index (χ3n) is 1.91. The molecule has 0 saturated heterocycles. The molecule has 0 amide bonds. The predicted octanol–water partition coefficient (Wildman–Crippen LogP) is 1.97. The van der Waals surface area contributed by atoms with Gasteiger partial charge in [-0.15, -0.1) is 12.8 Å². The Morgan fingerprint density at radius 3 is 2.65 bits per heavy atom. The number of nitrogens with two attached hydrogens (primary N) is 1. The van der Waals surface area contributed by atoms with E-state index in [1.54, 1.807) is 19.1 Å². The van der Waals surface area contributed by atoms with Crippen LogP contribution in [0.4, 0.5) is 4.39 Å². The highest BCUT2D eigenvalue weighted by atomic mass is 19.1. The molecular formula is C13H17FN2O. The summed E-state index contributed by atoms with van der Waals surface area (Å²) in [6, 6.07) is 6.05. The standard InChI is InChI=1S/C11H15FN2O.C2H2/c1-8(13)11(15-2)14-7-9-4-3-5-10(12)6-9;1-2/h3-6,8H,7,13H2,1-2H3;1-2H. The van der Waals surface area contributed by atoms with Crippen LogP contribution in [0.1, 0.15) is 12.5 Å². The summed E-state index contributed by atoms with van der Waals surface area (Å²) in [6.07, 6.45) is 8.00. The number of nitrogens with zero attached hydrogens (tertiary/aromatic N) is 1. The maximum atomic E-state index is 12.8. The summed E-state index contributed by atoms with van der Waals surface area (Å²) in [5.41, 5.74) is 6.41. The molecule has 0 saturated carbocycles. The van der Waals surface area contributed by atoms with Crippen molar-refractivity contribution in [2.75, 3.05) is 7.11 Å². The third-order valence-corrected chi connectivity index (χ3v) is 1.91. The third kappa shape index (κ3) is 5.69. The molecule has 4 heteroatoms. The van der Waals surface area contributed by atoms with Crippen LogP contribution >= 0.6 is 0 Å². The van der Waals surface area contributed by atoms with E-state index in [0.29, 0.717) is 12.4 Å². The maximum Gasteiger partial charge on any atom is 0.200 e. The van der Waals surface area contributed by atoms with Crippen molar-refractivity contribution >= 4 is 5.90 Å². The van der Waals surface area contributed by atoms with Crippen molar-refractivity contribution in [3.8, 4) is 12.8 Å². The summed E-state index contributed by atoms with van der Waals surface area (Å²) >= 11 is 0. The second-order valence-electron chi connectivity index (χ2n) is 3.28. The number of ether oxygens (including phenoxy) is 1. The van der Waals surface area contributed by atoms with Crippen LogP contribution in [0.3, 0.4) is 0 Å². The summed E-state index contributed by atoms with van der Waals surface area (Å²) in [5, 5.41) is 0. The number of halogens is 1. The largest absolute Gasteiger partial charge is 0.483 e. The average molecular weight is 236 g/mol. The number of hydrogen-bond acceptors (Lipinski definition) is 3. The van der Waals surface area contributed by atoms with Crippen molar-refractivity contribution in [2.24, 2.45) is 10.7 Å². The van der Waals surface area contributed by atoms with Crippen LogP contribution < -0.4 is 5.73 Å². The molecule has 0 bridgehead atoms. The molecule has 2 N–H and O–H groups in total. The molecule has 3 nitrogen and oxygen atoms in total. The van der Waals surface area contributed by atoms with Gasteiger partial charge in [-0.3, -0.25) is 0 Å². The molecule has 0 aliphatic heterocycles. The number of terminal acetylenes is 1. The number of hydrogen-bond donors (Lipinski definition) is 1. The van der Waals surface area contributed by atoms with Gasteiger partial charge >= 0.3 is 0 Å². The molecule has 1 aromatic carbocycles. The van der Waals surface area contributed by atoms with Crippen LogP contribution in [0.2, 0.25) is 0 Å². The normalized spacial score (nSPS) is 12.2. The lowest BCUT2D eigenvalue weighted by Crippen LogP contribution is -2.28. The van der Waals surface area contributed by atoms with Gasteiger partial charge in [0.1, 0.15) is 5.82 Å². The van der Waals surface area contributed by atoms with Crippen molar-refractivity contribution in [3.63, 3.8) is 0 Å². The highest BCUT2D eigenvalue weighted by molar-refractivity contribution is 5.81. The predicted molar refractivity (Wildman–Crippen MR) is 68.1 cm³/mol. The van der Waals surface area contributed by atoms with E-state index in [1.165, 1.54) is 19.2 Å². The molecule has 0 fully saturated rings. The van der Waals surface area contributed by atoms with E-state index < -0.39 is 0 Å². The van der Waals surface area contributed by atoms with Crippen molar-refractivity contribution in [1.29, 1.82) is 0 Å². The highest BCUT2D eigenvalue weighted by Gasteiger charge is 2.04. The van der Waals surface area contributed by atoms with Crippen LogP contribution in [0, 0.1) is 18.7 Å². The van der Waals surface area contributed by atoms with E-state index in [4.69, 9.17) is 10.5 Å². The van der Waals surface area contributed by atoms with Gasteiger partial charge in [-0.05, 0) is 24.6 Å². The van der Waals surface area contributed by atoms with Crippen LogP contribution in [0.15, 0.2) is 29.3 Å². The highest BCUT2D eigenvalue weighted by Crippen LogP contribution is 2.05. The van der Waals surface area contributed by atoms with Crippen LogP contribution in [-0.4, -0.2) is 19.0 Å². The molecule has 0 aliphatic carbocycles. The molecule has 92 valence electrons. The van der Waals surface area contributed by atoms with Crippen LogP contribution in [0.25, 0.3) is 0 Å². The average Bonchev–Trinajstić information content (AvgIpc) is 2.32. The first kappa shape index (κ1) is 15.1. The fraction of sp³-hybridized carbons (Fsp3) is 0.308. The Labute approximate surface area is 102 Å². The zero-order valence-electron chi connectivity index (χ0n) is 10.1. The van der Waals surface area contributed by atoms with Crippen molar-refractivity contribution in [3.05, 3.63) is 35.6 Å². The topological polar surface area (TPSA) is 47.6 Å². The molecular weight excluding hydrogens is 219 g/mol. The first-order valence-corrected chi connectivity index (χ1v) is 5.05. The summed E-state index contributed by atoms with van der Waals surface area (Å²) in [4.78, 5) is 4.16. The zero-order valence-corrected chi connectivity index (χ0v) is 10.1. The molecule has 1 rings (SSSR count). The maximum absolute atomic E-state index is 12.8. The van der Waals surface area contributed by atoms with E-state index in [1.807, 2.05) is 0 Å². The van der Waals surface area contributed by atoms with E-state index >= 15 is 0 Å². The van der Waals surface area contributed by atoms with Gasteiger partial charge in [-0.1, -0.05) is 12.1 Å². The van der Waals surface area contributed by atoms with Crippen LogP contribution in [0.5, 0.6) is 0 Å². The summed E-state index contributed by atoms with van der Waals surface area (Å²) in [7, 11) is 1.52. The second-order valence-corrected chi connectivity index (χ2v) is 3.28. The Morgan fingerprint density at radius 1 is 1.53 bits per heavy atom. The van der Waals surface area contributed by atoms with E-state index in [9.17, 15) is 4.39 Å². The molecule has 0 radical (unpaired) electrons. The van der Waals surface area contributed by atoms with Crippen molar-refractivity contribution < 1.29 is 9.13 Å². The molecule has 0 aliphatic rings. The van der Waals surface area contributed by atoms with Gasteiger partial charge in [-0.25, -0.2) is 9.38 Å². The first-order chi connectivity index (χ1) is 8.13. The smallest absolute Gasteiger partial charge is 0.200 e. The molecule has 1 aromatic rings. The fourth-order valence-corrected chi connectivity index (χ4v) is 1.20. The number of aliphatic imine (C=N–C) groups is 1.